The van der Waals surface area contributed by atoms with Crippen molar-refractivity contribution in [1.82, 2.24) is 0 Å². The minimum Gasteiger partial charge on any atom is -0.161 e. The largest absolute Gasteiger partial charge is 0.161 e. The van der Waals surface area contributed by atoms with Gasteiger partial charge < -0.3 is 0 Å². The molecule has 2 unspecified atom stereocenters. The van der Waals surface area contributed by atoms with Crippen LogP contribution in [0.1, 0.15) is 39.5 Å². The maximum absolute atomic E-state index is 5.77. The molecule has 2 radical (unpaired) electrons. The number of hydrogen-bond acceptors (Lipinski definition) is 1. The van der Waals surface area contributed by atoms with Crippen molar-refractivity contribution in [2.75, 3.05) is 11.5 Å². The average molecular weight is 196 g/mol. The average Bonchev–Trinajstić information content (AvgIpc) is 2.15. The molecule has 1 rings (SSSR count). The summed E-state index contributed by atoms with van der Waals surface area (Å²) in [6.45, 7) is 4.44. The third kappa shape index (κ3) is 4.44. The Morgan fingerprint density at radius 2 is 2.08 bits per heavy atom. The van der Waals surface area contributed by atoms with Crippen LogP contribution < -0.4 is 0 Å². The Labute approximate surface area is 88.7 Å². The molecule has 0 aromatic heterocycles. The molecule has 0 N–H and O–H groups in total. The van der Waals surface area contributed by atoms with Crippen molar-refractivity contribution in [3.8, 4) is 0 Å². The lowest BCUT2D eigenvalue weighted by molar-refractivity contribution is 0.376. The third-order valence-corrected chi connectivity index (χ3v) is 4.40. The standard InChI is InChI=1S/C11H21BS/c1-3-10-6-11(8-13-7-10)5-4-9(2)12/h9-11H,3-8H2,1-2H3/t9-,10?,11?/m0/s1. The summed E-state index contributed by atoms with van der Waals surface area (Å²) in [6, 6.07) is 0. The molecule has 0 spiro atoms. The van der Waals surface area contributed by atoms with Crippen LogP contribution in [0, 0.1) is 11.8 Å². The first-order chi connectivity index (χ1) is 6.22. The van der Waals surface area contributed by atoms with Crippen molar-refractivity contribution in [2.24, 2.45) is 11.8 Å². The van der Waals surface area contributed by atoms with Crippen LogP contribution in [-0.4, -0.2) is 19.4 Å². The van der Waals surface area contributed by atoms with E-state index in [1.807, 2.05) is 0 Å². The molecule has 2 heteroatoms. The number of thioether (sulfide) groups is 1. The van der Waals surface area contributed by atoms with Crippen molar-refractivity contribution in [1.29, 1.82) is 0 Å². The minimum atomic E-state index is 0.395. The second-order valence-corrected chi connectivity index (χ2v) is 5.54. The van der Waals surface area contributed by atoms with E-state index in [4.69, 9.17) is 7.85 Å². The van der Waals surface area contributed by atoms with Gasteiger partial charge in [-0.1, -0.05) is 38.9 Å². The molecule has 0 aliphatic carbocycles. The first-order valence-electron chi connectivity index (χ1n) is 5.55. The molecule has 1 aliphatic rings. The fourth-order valence-corrected chi connectivity index (χ4v) is 3.47. The van der Waals surface area contributed by atoms with Crippen LogP contribution in [0.5, 0.6) is 0 Å². The summed E-state index contributed by atoms with van der Waals surface area (Å²) in [4.78, 5) is 0. The summed E-state index contributed by atoms with van der Waals surface area (Å²) >= 11 is 2.15. The molecule has 13 heavy (non-hydrogen) atoms. The van der Waals surface area contributed by atoms with Crippen molar-refractivity contribution >= 4 is 19.6 Å². The molecule has 1 heterocycles. The van der Waals surface area contributed by atoms with Crippen molar-refractivity contribution in [3.63, 3.8) is 0 Å². The zero-order chi connectivity index (χ0) is 9.68. The van der Waals surface area contributed by atoms with E-state index >= 15 is 0 Å². The van der Waals surface area contributed by atoms with E-state index in [0.29, 0.717) is 5.82 Å². The topological polar surface area (TPSA) is 0 Å². The maximum atomic E-state index is 5.77. The van der Waals surface area contributed by atoms with Crippen LogP contribution in [0.15, 0.2) is 0 Å². The Bertz CT molecular complexity index is 136. The highest BCUT2D eigenvalue weighted by atomic mass is 32.2. The molecule has 0 amide bonds. The molecule has 0 bridgehead atoms. The van der Waals surface area contributed by atoms with Crippen molar-refractivity contribution < 1.29 is 0 Å². The predicted octanol–water partition coefficient (Wildman–Crippen LogP) is 3.52. The molecule has 1 saturated heterocycles. The molecular weight excluding hydrogens is 175 g/mol. The zero-order valence-corrected chi connectivity index (χ0v) is 9.78. The zero-order valence-electron chi connectivity index (χ0n) is 8.96. The van der Waals surface area contributed by atoms with Gasteiger partial charge >= 0.3 is 0 Å². The van der Waals surface area contributed by atoms with Crippen molar-refractivity contribution in [2.45, 2.75) is 45.3 Å². The van der Waals surface area contributed by atoms with Gasteiger partial charge in [-0.15, -0.1) is 0 Å². The summed E-state index contributed by atoms with van der Waals surface area (Å²) in [5, 5.41) is 0. The molecule has 3 atom stereocenters. The second kappa shape index (κ2) is 6.00. The molecule has 0 aromatic rings. The van der Waals surface area contributed by atoms with E-state index in [0.717, 1.165) is 11.8 Å². The fraction of sp³-hybridized carbons (Fsp3) is 1.00. The summed E-state index contributed by atoms with van der Waals surface area (Å²) in [6.07, 6.45) is 5.38. The van der Waals surface area contributed by atoms with E-state index in [2.05, 4.69) is 25.6 Å². The third-order valence-electron chi connectivity index (χ3n) is 2.98. The number of rotatable bonds is 4. The van der Waals surface area contributed by atoms with E-state index in [9.17, 15) is 0 Å². The molecule has 1 aliphatic heterocycles. The van der Waals surface area contributed by atoms with Gasteiger partial charge in [0.2, 0.25) is 0 Å². The molecule has 74 valence electrons. The monoisotopic (exact) mass is 196 g/mol. The van der Waals surface area contributed by atoms with Gasteiger partial charge in [0.05, 0.1) is 7.85 Å². The predicted molar refractivity (Wildman–Crippen MR) is 63.6 cm³/mol. The Kier molecular flexibility index (Phi) is 5.31. The normalized spacial score (nSPS) is 31.5. The van der Waals surface area contributed by atoms with Gasteiger partial charge in [0.15, 0.2) is 0 Å². The van der Waals surface area contributed by atoms with E-state index in [1.165, 1.54) is 37.2 Å². The van der Waals surface area contributed by atoms with Gasteiger partial charge in [-0.25, -0.2) is 0 Å². The molecular formula is C11H21BS. The highest BCUT2D eigenvalue weighted by molar-refractivity contribution is 7.99. The summed E-state index contributed by atoms with van der Waals surface area (Å²) in [7, 11) is 5.77. The SMILES string of the molecule is [B][C@@H](C)CCC1CSCC(CC)C1. The lowest BCUT2D eigenvalue weighted by Crippen LogP contribution is -2.19. The minimum absolute atomic E-state index is 0.395. The van der Waals surface area contributed by atoms with Crippen molar-refractivity contribution in [3.05, 3.63) is 0 Å². The molecule has 1 fully saturated rings. The van der Waals surface area contributed by atoms with Gasteiger partial charge in [-0.05, 0) is 29.8 Å². The Balaban J connectivity index is 2.18. The quantitative estimate of drug-likeness (QED) is 0.620. The first kappa shape index (κ1) is 11.5. The van der Waals surface area contributed by atoms with Crippen LogP contribution in [0.4, 0.5) is 0 Å². The lowest BCUT2D eigenvalue weighted by Gasteiger charge is -2.28. The smallest absolute Gasteiger partial charge is 0.0695 e. The van der Waals surface area contributed by atoms with Gasteiger partial charge in [-0.2, -0.15) is 11.8 Å². The summed E-state index contributed by atoms with van der Waals surface area (Å²) < 4.78 is 0. The van der Waals surface area contributed by atoms with Crippen LogP contribution in [0.25, 0.3) is 0 Å². The van der Waals surface area contributed by atoms with Crippen LogP contribution in [0.2, 0.25) is 5.82 Å². The summed E-state index contributed by atoms with van der Waals surface area (Å²) in [5.74, 6) is 5.10. The van der Waals surface area contributed by atoms with Gasteiger partial charge in [0, 0.05) is 0 Å². The highest BCUT2D eigenvalue weighted by Gasteiger charge is 2.20. The Morgan fingerprint density at radius 1 is 1.38 bits per heavy atom. The van der Waals surface area contributed by atoms with Gasteiger partial charge in [0.1, 0.15) is 0 Å². The van der Waals surface area contributed by atoms with Gasteiger partial charge in [0.25, 0.3) is 0 Å². The molecule has 0 aromatic carbocycles. The Morgan fingerprint density at radius 3 is 2.69 bits per heavy atom. The summed E-state index contributed by atoms with van der Waals surface area (Å²) in [5.41, 5.74) is 0. The van der Waals surface area contributed by atoms with Crippen LogP contribution in [-0.2, 0) is 0 Å². The van der Waals surface area contributed by atoms with Crippen LogP contribution >= 0.6 is 11.8 Å². The number of hydrogen-bond donors (Lipinski definition) is 0. The maximum Gasteiger partial charge on any atom is 0.0695 e. The Hall–Kier alpha value is 0.415. The van der Waals surface area contributed by atoms with E-state index in [-0.39, 0.29) is 0 Å². The lowest BCUT2D eigenvalue weighted by atomic mass is 9.81. The molecule has 0 saturated carbocycles. The van der Waals surface area contributed by atoms with E-state index < -0.39 is 0 Å². The molecule has 0 nitrogen and oxygen atoms in total. The fourth-order valence-electron chi connectivity index (χ4n) is 1.99. The van der Waals surface area contributed by atoms with E-state index in [1.54, 1.807) is 0 Å². The highest BCUT2D eigenvalue weighted by Crippen LogP contribution is 2.32. The first-order valence-corrected chi connectivity index (χ1v) is 6.71. The second-order valence-electron chi connectivity index (χ2n) is 4.47. The van der Waals surface area contributed by atoms with Gasteiger partial charge in [-0.3, -0.25) is 0 Å². The van der Waals surface area contributed by atoms with Crippen LogP contribution in [0.3, 0.4) is 0 Å².